The molecule has 48 heavy (non-hydrogen) atoms. The molecule has 1 aliphatic rings. The van der Waals surface area contributed by atoms with Crippen molar-refractivity contribution in [2.24, 2.45) is 23.2 Å². The van der Waals surface area contributed by atoms with Gasteiger partial charge in [-0.3, -0.25) is 24.0 Å². The van der Waals surface area contributed by atoms with E-state index in [1.54, 1.807) is 5.38 Å². The molecule has 2 unspecified atom stereocenters. The van der Waals surface area contributed by atoms with Gasteiger partial charge >= 0.3 is 6.03 Å². The summed E-state index contributed by atoms with van der Waals surface area (Å²) in [5, 5.41) is 12.8. The second-order valence-corrected chi connectivity index (χ2v) is 15.2. The highest BCUT2D eigenvalue weighted by atomic mass is 32.1. The quantitative estimate of drug-likeness (QED) is 0.0774. The Morgan fingerprint density at radius 2 is 1.73 bits per heavy atom. The first kappa shape index (κ1) is 40.6. The summed E-state index contributed by atoms with van der Waals surface area (Å²) >= 11 is 1.19. The summed E-state index contributed by atoms with van der Waals surface area (Å²) in [6.45, 7) is 19.1. The Hall–Kier alpha value is -3.61. The third kappa shape index (κ3) is 11.2. The number of unbranched alkanes of at least 4 members (excludes halogenated alkanes) is 3. The summed E-state index contributed by atoms with van der Waals surface area (Å²) in [4.78, 5) is 86.2. The summed E-state index contributed by atoms with van der Waals surface area (Å²) in [5.41, 5.74) is -0.765. The number of amides is 5. The molecule has 268 valence electrons. The van der Waals surface area contributed by atoms with Crippen LogP contribution in [0.4, 0.5) is 4.79 Å². The van der Waals surface area contributed by atoms with Gasteiger partial charge in [-0.15, -0.1) is 17.9 Å². The fourth-order valence-electron chi connectivity index (χ4n) is 5.95. The first-order valence-corrected chi connectivity index (χ1v) is 18.0. The second-order valence-electron chi connectivity index (χ2n) is 14.3. The third-order valence-electron chi connectivity index (χ3n) is 8.73. The number of ketones is 2. The molecule has 12 nitrogen and oxygen atoms in total. The zero-order valence-corrected chi connectivity index (χ0v) is 30.7. The van der Waals surface area contributed by atoms with Gasteiger partial charge in [-0.1, -0.05) is 87.1 Å². The van der Waals surface area contributed by atoms with Crippen molar-refractivity contribution in [2.45, 2.75) is 118 Å². The molecule has 1 saturated heterocycles. The molecule has 0 radical (unpaired) electrons. The molecule has 0 spiro atoms. The largest absolute Gasteiger partial charge is 0.346 e. The van der Waals surface area contributed by atoms with Crippen LogP contribution in [-0.2, 0) is 19.2 Å². The van der Waals surface area contributed by atoms with Gasteiger partial charge in [0, 0.05) is 24.7 Å². The van der Waals surface area contributed by atoms with Crippen LogP contribution in [0.3, 0.4) is 0 Å². The highest BCUT2D eigenvalue weighted by molar-refractivity contribution is 7.11. The van der Waals surface area contributed by atoms with Gasteiger partial charge < -0.3 is 26.2 Å². The van der Waals surface area contributed by atoms with Gasteiger partial charge in [0.15, 0.2) is 5.01 Å². The molecule has 2 rings (SSSR count). The van der Waals surface area contributed by atoms with Crippen molar-refractivity contribution in [3.8, 4) is 0 Å². The first-order chi connectivity index (χ1) is 22.5. The second kappa shape index (κ2) is 18.8. The number of Topliss-reactive ketones (excluding diaryl/α,β-unsaturated/α-hetero) is 2. The lowest BCUT2D eigenvalue weighted by molar-refractivity contribution is -0.144. The van der Waals surface area contributed by atoms with E-state index in [-0.39, 0.29) is 41.6 Å². The van der Waals surface area contributed by atoms with Gasteiger partial charge in [0.05, 0.1) is 12.1 Å². The fourth-order valence-corrected chi connectivity index (χ4v) is 6.57. The standard InChI is InChI=1S/C35H56N6O6S/c1-10-12-13-14-15-24(27(42)31(45)36-17-11-2)38-30(44)26-23(21(3)4)16-19-41(26)33(46)29(35(7,8)9)40-34(47)39-25(22(5)6)28(43)32-37-18-20-48-32/h11,18,20-26,29H,2,10,12-17,19H2,1,3-9H3,(H,36,45)(H,38,44)(H2,39,40,47)/t23?,24?,25-,26-,29+/m0/s1. The van der Waals surface area contributed by atoms with Crippen LogP contribution in [0.5, 0.6) is 0 Å². The van der Waals surface area contributed by atoms with Gasteiger partial charge in [-0.05, 0) is 36.0 Å². The predicted molar refractivity (Wildman–Crippen MR) is 187 cm³/mol. The first-order valence-electron chi connectivity index (χ1n) is 17.1. The van der Waals surface area contributed by atoms with Gasteiger partial charge in [0.1, 0.15) is 12.1 Å². The number of nitrogens with one attached hydrogen (secondary N) is 4. The maximum atomic E-state index is 14.3. The zero-order chi connectivity index (χ0) is 36.2. The van der Waals surface area contributed by atoms with Gasteiger partial charge in [-0.2, -0.15) is 0 Å². The molecule has 0 saturated carbocycles. The van der Waals surface area contributed by atoms with E-state index in [0.717, 1.165) is 19.3 Å². The monoisotopic (exact) mass is 688 g/mol. The Labute approximate surface area is 289 Å². The van der Waals surface area contributed by atoms with Gasteiger partial charge in [0.25, 0.3) is 5.91 Å². The average Bonchev–Trinajstić information content (AvgIpc) is 3.72. The number of aromatic nitrogens is 1. The summed E-state index contributed by atoms with van der Waals surface area (Å²) in [5.74, 6) is -3.23. The molecular weight excluding hydrogens is 632 g/mol. The summed E-state index contributed by atoms with van der Waals surface area (Å²) in [7, 11) is 0. The van der Waals surface area contributed by atoms with Gasteiger partial charge in [0.2, 0.25) is 23.4 Å². The van der Waals surface area contributed by atoms with Crippen molar-refractivity contribution in [2.75, 3.05) is 13.1 Å². The topological polar surface area (TPSA) is 167 Å². The Bertz CT molecular complexity index is 1270. The van der Waals surface area contributed by atoms with E-state index in [0.29, 0.717) is 19.3 Å². The van der Waals surface area contributed by atoms with Crippen molar-refractivity contribution < 1.29 is 28.8 Å². The third-order valence-corrected chi connectivity index (χ3v) is 9.52. The van der Waals surface area contributed by atoms with Crippen molar-refractivity contribution in [3.05, 3.63) is 29.2 Å². The van der Waals surface area contributed by atoms with Crippen LogP contribution in [0.25, 0.3) is 0 Å². The maximum absolute atomic E-state index is 14.3. The Balaban J connectivity index is 2.34. The van der Waals surface area contributed by atoms with Crippen LogP contribution in [-0.4, -0.2) is 82.5 Å². The maximum Gasteiger partial charge on any atom is 0.316 e. The minimum Gasteiger partial charge on any atom is -0.346 e. The molecule has 4 N–H and O–H groups in total. The molecule has 1 aromatic rings. The number of carbonyl (C=O) groups is 6. The number of likely N-dealkylation sites (tertiary alicyclic amines) is 1. The van der Waals surface area contributed by atoms with Crippen LogP contribution < -0.4 is 21.3 Å². The molecule has 2 heterocycles. The lowest BCUT2D eigenvalue weighted by Crippen LogP contribution is -2.62. The van der Waals surface area contributed by atoms with Crippen LogP contribution in [0.15, 0.2) is 24.2 Å². The van der Waals surface area contributed by atoms with Crippen LogP contribution >= 0.6 is 11.3 Å². The van der Waals surface area contributed by atoms with Crippen molar-refractivity contribution in [1.82, 2.24) is 31.2 Å². The number of thiazole rings is 1. The molecule has 0 aromatic carbocycles. The number of hydrogen-bond acceptors (Lipinski definition) is 8. The smallest absolute Gasteiger partial charge is 0.316 e. The Morgan fingerprint density at radius 1 is 1.04 bits per heavy atom. The fraction of sp³-hybridized carbons (Fsp3) is 0.686. The van der Waals surface area contributed by atoms with E-state index in [1.807, 2.05) is 48.5 Å². The van der Waals surface area contributed by atoms with Crippen molar-refractivity contribution >= 4 is 46.7 Å². The van der Waals surface area contributed by atoms with Crippen LogP contribution in [0.2, 0.25) is 0 Å². The molecule has 1 aromatic heterocycles. The lowest BCUT2D eigenvalue weighted by Gasteiger charge is -2.37. The molecule has 0 aliphatic carbocycles. The minimum absolute atomic E-state index is 0.0289. The summed E-state index contributed by atoms with van der Waals surface area (Å²) < 4.78 is 0. The number of urea groups is 1. The molecule has 1 aliphatic heterocycles. The Morgan fingerprint density at radius 3 is 2.27 bits per heavy atom. The average molecular weight is 689 g/mol. The molecule has 13 heteroatoms. The summed E-state index contributed by atoms with van der Waals surface area (Å²) in [6, 6.07) is -4.55. The van der Waals surface area contributed by atoms with Gasteiger partial charge in [-0.25, -0.2) is 9.78 Å². The van der Waals surface area contributed by atoms with Crippen molar-refractivity contribution in [3.63, 3.8) is 0 Å². The minimum atomic E-state index is -1.05. The molecule has 5 amide bonds. The van der Waals surface area contributed by atoms with E-state index < -0.39 is 59.1 Å². The lowest BCUT2D eigenvalue weighted by atomic mass is 9.84. The van der Waals surface area contributed by atoms with Crippen LogP contribution in [0.1, 0.15) is 104 Å². The summed E-state index contributed by atoms with van der Waals surface area (Å²) in [6.07, 6.45) is 7.29. The number of rotatable bonds is 18. The number of nitrogens with zero attached hydrogens (tertiary/aromatic N) is 2. The molecule has 1 fully saturated rings. The molecule has 0 bridgehead atoms. The zero-order valence-electron chi connectivity index (χ0n) is 29.9. The highest BCUT2D eigenvalue weighted by Crippen LogP contribution is 2.33. The van der Waals surface area contributed by atoms with E-state index >= 15 is 0 Å². The normalized spacial score (nSPS) is 18.2. The highest BCUT2D eigenvalue weighted by Gasteiger charge is 2.48. The van der Waals surface area contributed by atoms with Crippen LogP contribution in [0, 0.1) is 23.2 Å². The molecular formula is C35H56N6O6S. The van der Waals surface area contributed by atoms with E-state index in [4.69, 9.17) is 0 Å². The number of carbonyl (C=O) groups excluding carboxylic acids is 6. The SMILES string of the molecule is C=CCNC(=O)C(=O)C(CCCCCC)NC(=O)[C@@H]1C(C(C)C)CCN1C(=O)[C@@H](NC(=O)N[C@H](C(=O)c1nccs1)C(C)C)C(C)(C)C. The molecule has 5 atom stereocenters. The van der Waals surface area contributed by atoms with E-state index in [9.17, 15) is 28.8 Å². The predicted octanol–water partition coefficient (Wildman–Crippen LogP) is 4.26. The van der Waals surface area contributed by atoms with Crippen molar-refractivity contribution in [1.29, 1.82) is 0 Å². The van der Waals surface area contributed by atoms with E-state index in [2.05, 4.69) is 39.8 Å². The number of hydrogen-bond donors (Lipinski definition) is 4. The Kier molecular flexibility index (Phi) is 15.9. The van der Waals surface area contributed by atoms with E-state index in [1.165, 1.54) is 28.5 Å².